The number of fused-ring (bicyclic) bond motifs is 2. The number of hydrogen-bond donors (Lipinski definition) is 0. The lowest BCUT2D eigenvalue weighted by Gasteiger charge is -2.24. The second-order valence-electron chi connectivity index (χ2n) is 17.1. The van der Waals surface area contributed by atoms with Crippen LogP contribution in [0.1, 0.15) is 101 Å². The van der Waals surface area contributed by atoms with E-state index in [-0.39, 0.29) is 23.7 Å². The van der Waals surface area contributed by atoms with Crippen molar-refractivity contribution in [2.75, 3.05) is 0 Å². The molecule has 6 nitrogen and oxygen atoms in total. The molecular weight excluding hydrogens is 863 g/mol. The summed E-state index contributed by atoms with van der Waals surface area (Å²) in [4.78, 5) is 1.78. The second-order valence-corrected chi connectivity index (χ2v) is 20.1. The predicted molar refractivity (Wildman–Crippen MR) is 272 cm³/mol. The summed E-state index contributed by atoms with van der Waals surface area (Å²) in [5.74, 6) is 5.02. The van der Waals surface area contributed by atoms with Crippen LogP contribution in [0.25, 0.3) is 21.5 Å². The number of benzene rings is 8. The highest BCUT2D eigenvalue weighted by molar-refractivity contribution is 8.00. The first-order valence-corrected chi connectivity index (χ1v) is 25.3. The molecule has 0 heterocycles. The van der Waals surface area contributed by atoms with Gasteiger partial charge in [-0.1, -0.05) is 201 Å². The smallest absolute Gasteiger partial charge is 0.408 e. The normalized spacial score (nSPS) is 11.7. The Morgan fingerprint density at radius 2 is 0.554 bits per heavy atom. The lowest BCUT2D eigenvalue weighted by molar-refractivity contribution is 0.380. The summed E-state index contributed by atoms with van der Waals surface area (Å²) in [7, 11) is -4.06. The Morgan fingerprint density at radius 3 is 0.862 bits per heavy atom. The van der Waals surface area contributed by atoms with Gasteiger partial charge >= 0.3 is 17.2 Å². The molecule has 0 spiro atoms. The first-order valence-electron chi connectivity index (χ1n) is 22.3. The summed E-state index contributed by atoms with van der Waals surface area (Å²) in [6, 6.07) is 57.4. The van der Waals surface area contributed by atoms with Crippen molar-refractivity contribution in [2.24, 2.45) is 0 Å². The van der Waals surface area contributed by atoms with Crippen LogP contribution in [0.5, 0.6) is 34.5 Å². The Morgan fingerprint density at radius 1 is 0.292 bits per heavy atom. The van der Waals surface area contributed by atoms with Gasteiger partial charge < -0.3 is 27.1 Å². The van der Waals surface area contributed by atoms with Crippen molar-refractivity contribution in [1.82, 2.24) is 0 Å². The van der Waals surface area contributed by atoms with Gasteiger partial charge in [-0.15, -0.1) is 0 Å². The van der Waals surface area contributed by atoms with Crippen molar-refractivity contribution >= 4 is 50.5 Å². The summed E-state index contributed by atoms with van der Waals surface area (Å²) in [5, 5.41) is 4.16. The Kier molecular flexibility index (Phi) is 14.9. The molecule has 8 aromatic carbocycles. The standard InChI is InChI=1S/C56H56O6P2S/c1-37(2)43-23-13-17-29-49(43)57-63(58-50-30-18-14-24-44(50)38(3)4)61-53-35-33-41-21-9-11-27-47(41)55(53)65-56-48-28-12-10-22-42(48)34-36-54(56)62-64(59-51-31-19-15-25-45(51)39(5)6)60-52-32-20-16-26-46(52)40(7)8/h9-40H,1-8H3. The van der Waals surface area contributed by atoms with E-state index in [1.807, 2.05) is 84.9 Å². The summed E-state index contributed by atoms with van der Waals surface area (Å²) >= 11 is 1.59. The minimum atomic E-state index is -2.03. The topological polar surface area (TPSA) is 55.4 Å². The van der Waals surface area contributed by atoms with Crippen molar-refractivity contribution in [3.63, 3.8) is 0 Å². The van der Waals surface area contributed by atoms with E-state index in [2.05, 4.69) is 140 Å². The molecule has 0 aliphatic carbocycles. The van der Waals surface area contributed by atoms with Crippen LogP contribution in [0.3, 0.4) is 0 Å². The molecule has 0 saturated heterocycles. The molecule has 0 amide bonds. The Bertz CT molecular complexity index is 2580. The van der Waals surface area contributed by atoms with Gasteiger partial charge in [-0.05, 0) is 104 Å². The van der Waals surface area contributed by atoms with Gasteiger partial charge in [0, 0.05) is 0 Å². The SMILES string of the molecule is CC(C)c1ccccc1OP(Oc1ccccc1C(C)C)Oc1ccc2ccccc2c1Sc1c(OP(Oc2ccccc2C(C)C)Oc2ccccc2C(C)C)ccc2ccccc12. The predicted octanol–water partition coefficient (Wildman–Crippen LogP) is 18.2. The number of hydrogen-bond acceptors (Lipinski definition) is 7. The van der Waals surface area contributed by atoms with Crippen LogP contribution in [0, 0.1) is 0 Å². The van der Waals surface area contributed by atoms with Crippen molar-refractivity contribution in [3.8, 4) is 34.5 Å². The second kappa shape index (κ2) is 21.1. The molecule has 8 aromatic rings. The van der Waals surface area contributed by atoms with E-state index in [9.17, 15) is 0 Å². The average molecular weight is 919 g/mol. The largest absolute Gasteiger partial charge is 0.530 e. The molecule has 0 N–H and O–H groups in total. The van der Waals surface area contributed by atoms with Crippen LogP contribution in [-0.4, -0.2) is 0 Å². The maximum atomic E-state index is 7.08. The van der Waals surface area contributed by atoms with E-state index < -0.39 is 17.2 Å². The zero-order valence-electron chi connectivity index (χ0n) is 38.2. The summed E-state index contributed by atoms with van der Waals surface area (Å²) in [6.45, 7) is 17.3. The molecule has 0 aromatic heterocycles. The van der Waals surface area contributed by atoms with Gasteiger partial charge in [0.15, 0.2) is 0 Å². The number of para-hydroxylation sites is 4. The van der Waals surface area contributed by atoms with Crippen LogP contribution in [0.15, 0.2) is 180 Å². The maximum absolute atomic E-state index is 7.08. The van der Waals surface area contributed by atoms with E-state index in [0.717, 1.165) is 76.6 Å². The van der Waals surface area contributed by atoms with Gasteiger partial charge in [0.05, 0.1) is 9.79 Å². The fraction of sp³-hybridized carbons (Fsp3) is 0.214. The Hall–Kier alpha value is -5.71. The van der Waals surface area contributed by atoms with Crippen LogP contribution < -0.4 is 27.1 Å². The molecule has 0 fully saturated rings. The maximum Gasteiger partial charge on any atom is 0.530 e. The van der Waals surface area contributed by atoms with Gasteiger partial charge in [-0.25, -0.2) is 0 Å². The minimum Gasteiger partial charge on any atom is -0.408 e. The first kappa shape index (κ1) is 45.8. The van der Waals surface area contributed by atoms with Gasteiger partial charge in [-0.2, -0.15) is 0 Å². The average Bonchev–Trinajstić information content (AvgIpc) is 3.30. The van der Waals surface area contributed by atoms with Gasteiger partial charge in [0.2, 0.25) is 0 Å². The third-order valence-corrected chi connectivity index (χ3v) is 14.4. The first-order chi connectivity index (χ1) is 31.5. The van der Waals surface area contributed by atoms with Gasteiger partial charge in [-0.3, -0.25) is 0 Å². The fourth-order valence-electron chi connectivity index (χ4n) is 7.66. The lowest BCUT2D eigenvalue weighted by Crippen LogP contribution is -2.07. The van der Waals surface area contributed by atoms with Crippen LogP contribution in [0.2, 0.25) is 0 Å². The van der Waals surface area contributed by atoms with Crippen molar-refractivity contribution in [2.45, 2.75) is 88.9 Å². The van der Waals surface area contributed by atoms with Crippen LogP contribution in [0.4, 0.5) is 0 Å². The third-order valence-electron chi connectivity index (χ3n) is 11.1. The van der Waals surface area contributed by atoms with E-state index in [0.29, 0.717) is 11.5 Å². The molecule has 0 saturated carbocycles. The highest BCUT2D eigenvalue weighted by Gasteiger charge is 2.29. The Labute approximate surface area is 391 Å². The monoisotopic (exact) mass is 918 g/mol. The van der Waals surface area contributed by atoms with Crippen molar-refractivity contribution in [1.29, 1.82) is 0 Å². The van der Waals surface area contributed by atoms with Crippen LogP contribution in [-0.2, 0) is 0 Å². The van der Waals surface area contributed by atoms with E-state index in [4.69, 9.17) is 27.1 Å². The van der Waals surface area contributed by atoms with E-state index in [1.165, 1.54) is 0 Å². The third kappa shape index (κ3) is 10.9. The summed E-state index contributed by atoms with van der Waals surface area (Å²) < 4.78 is 41.5. The lowest BCUT2D eigenvalue weighted by atomic mass is 10.0. The minimum absolute atomic E-state index is 0.221. The Balaban J connectivity index is 1.24. The van der Waals surface area contributed by atoms with Gasteiger partial charge in [0.25, 0.3) is 0 Å². The highest BCUT2D eigenvalue weighted by atomic mass is 32.2. The van der Waals surface area contributed by atoms with Gasteiger partial charge in [0.1, 0.15) is 34.5 Å². The molecule has 0 aliphatic rings. The zero-order valence-corrected chi connectivity index (χ0v) is 40.8. The molecule has 0 bridgehead atoms. The molecule has 332 valence electrons. The van der Waals surface area contributed by atoms with Crippen molar-refractivity contribution in [3.05, 3.63) is 192 Å². The van der Waals surface area contributed by atoms with Crippen molar-refractivity contribution < 1.29 is 27.1 Å². The highest BCUT2D eigenvalue weighted by Crippen LogP contribution is 2.54. The molecule has 0 radical (unpaired) electrons. The summed E-state index contributed by atoms with van der Waals surface area (Å²) in [5.41, 5.74) is 4.29. The molecule has 0 atom stereocenters. The zero-order chi connectivity index (χ0) is 45.5. The molecular formula is C56H56O6P2S. The molecule has 0 unspecified atom stereocenters. The fourth-order valence-corrected chi connectivity index (χ4v) is 11.2. The molecule has 9 heteroatoms. The molecule has 0 aliphatic heterocycles. The quantitative estimate of drug-likeness (QED) is 0.0795. The van der Waals surface area contributed by atoms with E-state index >= 15 is 0 Å². The van der Waals surface area contributed by atoms with Crippen LogP contribution >= 0.6 is 29.0 Å². The summed E-state index contributed by atoms with van der Waals surface area (Å²) in [6.07, 6.45) is 0. The molecule has 65 heavy (non-hydrogen) atoms. The number of rotatable bonds is 18. The molecule has 8 rings (SSSR count). The van der Waals surface area contributed by atoms with E-state index in [1.54, 1.807) is 11.8 Å².